The topological polar surface area (TPSA) is 56.0 Å². The van der Waals surface area contributed by atoms with Crippen molar-refractivity contribution in [1.82, 2.24) is 4.98 Å². The quantitative estimate of drug-likeness (QED) is 0.522. The van der Waals surface area contributed by atoms with Crippen LogP contribution in [0.2, 0.25) is 0 Å². The van der Waals surface area contributed by atoms with Gasteiger partial charge in [0.2, 0.25) is 0 Å². The molecule has 4 heteroatoms. The lowest BCUT2D eigenvalue weighted by atomic mass is 9.95. The second kappa shape index (κ2) is 5.77. The number of benzene rings is 2. The predicted molar refractivity (Wildman–Crippen MR) is 86.5 cm³/mol. The summed E-state index contributed by atoms with van der Waals surface area (Å²) in [5.41, 5.74) is 4.78. The number of nitro groups is 1. The molecule has 4 nitrogen and oxygen atoms in total. The first-order chi connectivity index (χ1) is 10.7. The van der Waals surface area contributed by atoms with Crippen molar-refractivity contribution in [2.75, 3.05) is 0 Å². The minimum absolute atomic E-state index is 0.0880. The Bertz CT molecular complexity index is 844. The molecule has 0 radical (unpaired) electrons. The highest BCUT2D eigenvalue weighted by Gasteiger charge is 2.12. The first kappa shape index (κ1) is 13.9. The SMILES string of the molecule is Cc1cccnc1-c1ccccc1-c1cccc([N+](=O)[O-])c1. The predicted octanol–water partition coefficient (Wildman–Crippen LogP) is 4.63. The zero-order chi connectivity index (χ0) is 15.5. The second-order valence-corrected chi connectivity index (χ2v) is 5.02. The Morgan fingerprint density at radius 2 is 1.73 bits per heavy atom. The van der Waals surface area contributed by atoms with Gasteiger partial charge in [0, 0.05) is 23.9 Å². The number of hydrogen-bond acceptors (Lipinski definition) is 3. The summed E-state index contributed by atoms with van der Waals surface area (Å²) in [5, 5.41) is 11.0. The van der Waals surface area contributed by atoms with E-state index in [0.29, 0.717) is 0 Å². The van der Waals surface area contributed by atoms with Crippen LogP contribution in [0.1, 0.15) is 5.56 Å². The van der Waals surface area contributed by atoms with Crippen LogP contribution in [0.25, 0.3) is 22.4 Å². The molecule has 0 bridgehead atoms. The Balaban J connectivity index is 2.19. The van der Waals surface area contributed by atoms with Crippen molar-refractivity contribution in [1.29, 1.82) is 0 Å². The molecule has 0 aliphatic heterocycles. The van der Waals surface area contributed by atoms with Gasteiger partial charge in [-0.05, 0) is 29.7 Å². The summed E-state index contributed by atoms with van der Waals surface area (Å²) in [7, 11) is 0. The van der Waals surface area contributed by atoms with Crippen LogP contribution >= 0.6 is 0 Å². The van der Waals surface area contributed by atoms with Gasteiger partial charge in [0.1, 0.15) is 0 Å². The average Bonchev–Trinajstić information content (AvgIpc) is 2.55. The van der Waals surface area contributed by atoms with Crippen molar-refractivity contribution in [2.24, 2.45) is 0 Å². The smallest absolute Gasteiger partial charge is 0.258 e. The third-order valence-corrected chi connectivity index (χ3v) is 3.56. The van der Waals surface area contributed by atoms with E-state index in [9.17, 15) is 10.1 Å². The molecule has 0 fully saturated rings. The first-order valence-corrected chi connectivity index (χ1v) is 6.92. The van der Waals surface area contributed by atoms with Crippen LogP contribution < -0.4 is 0 Å². The van der Waals surface area contributed by atoms with Crippen molar-refractivity contribution < 1.29 is 4.92 Å². The van der Waals surface area contributed by atoms with Crippen molar-refractivity contribution >= 4 is 5.69 Å². The van der Waals surface area contributed by atoms with Crippen LogP contribution in [0, 0.1) is 17.0 Å². The number of nitro benzene ring substituents is 1. The van der Waals surface area contributed by atoms with Gasteiger partial charge in [-0.1, -0.05) is 42.5 Å². The number of nitrogens with zero attached hydrogens (tertiary/aromatic N) is 2. The Kier molecular flexibility index (Phi) is 3.66. The molecule has 3 rings (SSSR count). The molecule has 0 atom stereocenters. The largest absolute Gasteiger partial charge is 0.270 e. The van der Waals surface area contributed by atoms with E-state index in [-0.39, 0.29) is 10.6 Å². The van der Waals surface area contributed by atoms with Crippen molar-refractivity contribution in [3.63, 3.8) is 0 Å². The van der Waals surface area contributed by atoms with Crippen LogP contribution in [-0.4, -0.2) is 9.91 Å². The minimum Gasteiger partial charge on any atom is -0.258 e. The normalized spacial score (nSPS) is 10.4. The molecule has 0 saturated carbocycles. The van der Waals surface area contributed by atoms with E-state index in [4.69, 9.17) is 0 Å². The summed E-state index contributed by atoms with van der Waals surface area (Å²) in [5.74, 6) is 0. The van der Waals surface area contributed by atoms with E-state index >= 15 is 0 Å². The Morgan fingerprint density at radius 3 is 2.45 bits per heavy atom. The molecule has 0 saturated heterocycles. The van der Waals surface area contributed by atoms with Crippen molar-refractivity contribution in [3.05, 3.63) is 82.5 Å². The number of hydrogen-bond donors (Lipinski definition) is 0. The molecular formula is C18H14N2O2. The van der Waals surface area contributed by atoms with Gasteiger partial charge in [0.15, 0.2) is 0 Å². The summed E-state index contributed by atoms with van der Waals surface area (Å²) >= 11 is 0. The molecular weight excluding hydrogens is 276 g/mol. The van der Waals surface area contributed by atoms with Crippen LogP contribution in [0.4, 0.5) is 5.69 Å². The summed E-state index contributed by atoms with van der Waals surface area (Å²) in [6, 6.07) is 18.4. The van der Waals surface area contributed by atoms with Gasteiger partial charge in [0.05, 0.1) is 10.6 Å². The lowest BCUT2D eigenvalue weighted by Gasteiger charge is -2.11. The molecule has 0 spiro atoms. The molecule has 0 aliphatic rings. The van der Waals surface area contributed by atoms with Crippen LogP contribution in [0.5, 0.6) is 0 Å². The Hall–Kier alpha value is -3.01. The highest BCUT2D eigenvalue weighted by atomic mass is 16.6. The van der Waals surface area contributed by atoms with Crippen molar-refractivity contribution in [2.45, 2.75) is 6.92 Å². The summed E-state index contributed by atoms with van der Waals surface area (Å²) in [6.45, 7) is 2.01. The zero-order valence-electron chi connectivity index (χ0n) is 12.1. The first-order valence-electron chi connectivity index (χ1n) is 6.92. The van der Waals surface area contributed by atoms with Crippen LogP contribution in [0.15, 0.2) is 66.9 Å². The molecule has 0 aliphatic carbocycles. The van der Waals surface area contributed by atoms with E-state index in [1.54, 1.807) is 18.3 Å². The lowest BCUT2D eigenvalue weighted by Crippen LogP contribution is -1.92. The van der Waals surface area contributed by atoms with Crippen molar-refractivity contribution in [3.8, 4) is 22.4 Å². The van der Waals surface area contributed by atoms with Gasteiger partial charge < -0.3 is 0 Å². The molecule has 108 valence electrons. The van der Waals surface area contributed by atoms with Gasteiger partial charge >= 0.3 is 0 Å². The molecule has 0 amide bonds. The second-order valence-electron chi connectivity index (χ2n) is 5.02. The summed E-state index contributed by atoms with van der Waals surface area (Å²) in [4.78, 5) is 15.1. The number of non-ortho nitro benzene ring substituents is 1. The van der Waals surface area contributed by atoms with Gasteiger partial charge in [-0.25, -0.2) is 0 Å². The minimum atomic E-state index is -0.377. The maximum atomic E-state index is 11.0. The number of aromatic nitrogens is 1. The Morgan fingerprint density at radius 1 is 0.955 bits per heavy atom. The van der Waals surface area contributed by atoms with E-state index in [2.05, 4.69) is 4.98 Å². The van der Waals surface area contributed by atoms with E-state index in [1.807, 2.05) is 49.4 Å². The van der Waals surface area contributed by atoms with Gasteiger partial charge in [-0.3, -0.25) is 15.1 Å². The third kappa shape index (κ3) is 2.59. The monoisotopic (exact) mass is 290 g/mol. The maximum Gasteiger partial charge on any atom is 0.270 e. The van der Waals surface area contributed by atoms with Gasteiger partial charge in [-0.15, -0.1) is 0 Å². The fourth-order valence-electron chi connectivity index (χ4n) is 2.50. The standard InChI is InChI=1S/C18H14N2O2/c1-13-6-5-11-19-18(13)17-10-3-2-9-16(17)14-7-4-8-15(12-14)20(21)22/h2-12H,1H3. The highest BCUT2D eigenvalue weighted by Crippen LogP contribution is 2.33. The van der Waals surface area contributed by atoms with E-state index in [1.165, 1.54) is 6.07 Å². The molecule has 3 aromatic rings. The average molecular weight is 290 g/mol. The highest BCUT2D eigenvalue weighted by molar-refractivity contribution is 5.83. The van der Waals surface area contributed by atoms with Gasteiger partial charge in [-0.2, -0.15) is 0 Å². The number of pyridine rings is 1. The Labute approximate surface area is 128 Å². The molecule has 0 N–H and O–H groups in total. The molecule has 1 aromatic heterocycles. The van der Waals surface area contributed by atoms with E-state index < -0.39 is 0 Å². The maximum absolute atomic E-state index is 11.0. The third-order valence-electron chi connectivity index (χ3n) is 3.56. The zero-order valence-corrected chi connectivity index (χ0v) is 12.1. The molecule has 0 unspecified atom stereocenters. The van der Waals surface area contributed by atoms with Crippen LogP contribution in [-0.2, 0) is 0 Å². The number of rotatable bonds is 3. The molecule has 1 heterocycles. The molecule has 22 heavy (non-hydrogen) atoms. The fraction of sp³-hybridized carbons (Fsp3) is 0.0556. The summed E-state index contributed by atoms with van der Waals surface area (Å²) in [6.07, 6.45) is 1.76. The van der Waals surface area contributed by atoms with Gasteiger partial charge in [0.25, 0.3) is 5.69 Å². The molecule has 2 aromatic carbocycles. The number of aryl methyl sites for hydroxylation is 1. The fourth-order valence-corrected chi connectivity index (χ4v) is 2.50. The summed E-state index contributed by atoms with van der Waals surface area (Å²) < 4.78 is 0. The van der Waals surface area contributed by atoms with Crippen LogP contribution in [0.3, 0.4) is 0 Å². The lowest BCUT2D eigenvalue weighted by molar-refractivity contribution is -0.384. The van der Waals surface area contributed by atoms with E-state index in [0.717, 1.165) is 27.9 Å².